The van der Waals surface area contributed by atoms with Gasteiger partial charge >= 0.3 is 7.82 Å². The lowest BCUT2D eigenvalue weighted by Crippen LogP contribution is -1.96. The molecule has 0 rings (SSSR count). The van der Waals surface area contributed by atoms with Crippen LogP contribution in [0.15, 0.2) is 0 Å². The van der Waals surface area contributed by atoms with Gasteiger partial charge in [-0.1, -0.05) is 13.3 Å². The number of phosphoric ester groups is 1. The molecule has 0 amide bonds. The predicted octanol–water partition coefficient (Wildman–Crippen LogP) is -0.180. The van der Waals surface area contributed by atoms with Crippen molar-refractivity contribution in [3.05, 3.63) is 0 Å². The standard InChI is InChI=1S/C4H13O4PSi2/c1-2-3-4-7-9(5,6)8-11-10/h11H,2-4,10H2,1H3,(H,5,6). The molecular weight excluding hydrogens is 199 g/mol. The Hall–Kier alpha value is 0.384. The summed E-state index contributed by atoms with van der Waals surface area (Å²) in [5, 5.41) is 0. The zero-order chi connectivity index (χ0) is 8.74. The van der Waals surface area contributed by atoms with Crippen molar-refractivity contribution in [3.63, 3.8) is 0 Å². The molecule has 0 aromatic carbocycles. The van der Waals surface area contributed by atoms with Crippen LogP contribution in [0.2, 0.25) is 0 Å². The van der Waals surface area contributed by atoms with E-state index in [0.29, 0.717) is 6.61 Å². The minimum absolute atomic E-state index is 0.298. The normalized spacial score (nSPS) is 15.5. The van der Waals surface area contributed by atoms with Gasteiger partial charge in [-0.05, 0) is 6.42 Å². The van der Waals surface area contributed by atoms with Gasteiger partial charge in [0.25, 0.3) is 0 Å². The first-order chi connectivity index (χ1) is 5.12. The van der Waals surface area contributed by atoms with Crippen molar-refractivity contribution >= 4 is 26.0 Å². The van der Waals surface area contributed by atoms with E-state index in [9.17, 15) is 4.57 Å². The second kappa shape index (κ2) is 5.96. The van der Waals surface area contributed by atoms with E-state index in [4.69, 9.17) is 4.89 Å². The van der Waals surface area contributed by atoms with E-state index in [0.717, 1.165) is 12.8 Å². The Morgan fingerprint density at radius 3 is 2.82 bits per heavy atom. The molecular formula is C4H13O4PSi2. The predicted molar refractivity (Wildman–Crippen MR) is 47.5 cm³/mol. The minimum Gasteiger partial charge on any atom is -0.478 e. The summed E-state index contributed by atoms with van der Waals surface area (Å²) in [4.78, 5) is 8.88. The first-order valence-electron chi connectivity index (χ1n) is 3.39. The lowest BCUT2D eigenvalue weighted by Gasteiger charge is -2.09. The average Bonchev–Trinajstić information content (AvgIpc) is 1.87. The van der Waals surface area contributed by atoms with Crippen molar-refractivity contribution in [3.8, 4) is 0 Å². The molecule has 0 bridgehead atoms. The molecule has 1 unspecified atom stereocenters. The van der Waals surface area contributed by atoms with Crippen molar-refractivity contribution in [2.75, 3.05) is 6.61 Å². The highest BCUT2D eigenvalue weighted by molar-refractivity contribution is 7.48. The second-order valence-electron chi connectivity index (χ2n) is 1.93. The number of phosphoric acid groups is 1. The fraction of sp³-hybridized carbons (Fsp3) is 1.00. The van der Waals surface area contributed by atoms with Gasteiger partial charge in [0.1, 0.15) is 0 Å². The van der Waals surface area contributed by atoms with E-state index < -0.39 is 16.7 Å². The van der Waals surface area contributed by atoms with Crippen molar-refractivity contribution in [1.29, 1.82) is 0 Å². The van der Waals surface area contributed by atoms with E-state index in [1.807, 2.05) is 6.92 Å². The largest absolute Gasteiger partial charge is 0.513 e. The van der Waals surface area contributed by atoms with Crippen LogP contribution < -0.4 is 0 Å². The van der Waals surface area contributed by atoms with Crippen molar-refractivity contribution in [2.45, 2.75) is 19.8 Å². The molecule has 11 heavy (non-hydrogen) atoms. The summed E-state index contributed by atoms with van der Waals surface area (Å²) in [5.74, 6) is 0. The van der Waals surface area contributed by atoms with Crippen molar-refractivity contribution in [1.82, 2.24) is 0 Å². The molecule has 0 heterocycles. The Balaban J connectivity index is 3.55. The zero-order valence-corrected chi connectivity index (χ0v) is 9.99. The third kappa shape index (κ3) is 6.77. The summed E-state index contributed by atoms with van der Waals surface area (Å²) in [6.45, 7) is 2.28. The molecule has 1 atom stereocenters. The van der Waals surface area contributed by atoms with Crippen LogP contribution in [0.3, 0.4) is 0 Å². The molecule has 0 aliphatic carbocycles. The summed E-state index contributed by atoms with van der Waals surface area (Å²) in [6, 6.07) is 0. The summed E-state index contributed by atoms with van der Waals surface area (Å²) >= 11 is 0. The molecule has 0 aliphatic heterocycles. The first-order valence-corrected chi connectivity index (χ1v) is 8.62. The highest BCUT2D eigenvalue weighted by Gasteiger charge is 2.17. The van der Waals surface area contributed by atoms with Gasteiger partial charge in [-0.2, -0.15) is 0 Å². The maximum absolute atomic E-state index is 10.8. The van der Waals surface area contributed by atoms with Gasteiger partial charge in [-0.25, -0.2) is 4.57 Å². The SMILES string of the molecule is CCCCOP(=O)(O)O[SiH]=[SiH2]. The molecule has 0 radical (unpaired) electrons. The van der Waals surface area contributed by atoms with Gasteiger partial charge in [0, 0.05) is 9.34 Å². The van der Waals surface area contributed by atoms with Crippen LogP contribution in [0.4, 0.5) is 0 Å². The lowest BCUT2D eigenvalue weighted by atomic mass is 10.4. The molecule has 66 valence electrons. The van der Waals surface area contributed by atoms with Crippen LogP contribution in [0.25, 0.3) is 0 Å². The Kier molecular flexibility index (Phi) is 6.17. The molecule has 7 heteroatoms. The molecule has 0 saturated heterocycles. The summed E-state index contributed by atoms with van der Waals surface area (Å²) in [7, 11) is -2.54. The van der Waals surface area contributed by atoms with Crippen molar-refractivity contribution in [2.24, 2.45) is 0 Å². The van der Waals surface area contributed by atoms with Gasteiger partial charge in [-0.3, -0.25) is 9.42 Å². The molecule has 0 aliphatic rings. The van der Waals surface area contributed by atoms with Gasteiger partial charge in [0.15, 0.2) is 8.86 Å². The van der Waals surface area contributed by atoms with Crippen LogP contribution in [-0.4, -0.2) is 29.7 Å². The number of hydrogen-bond acceptors (Lipinski definition) is 3. The van der Waals surface area contributed by atoms with Crippen LogP contribution in [0, 0.1) is 0 Å². The van der Waals surface area contributed by atoms with E-state index in [2.05, 4.69) is 8.74 Å². The van der Waals surface area contributed by atoms with E-state index >= 15 is 0 Å². The van der Waals surface area contributed by atoms with Crippen LogP contribution >= 0.6 is 7.82 Å². The Morgan fingerprint density at radius 1 is 1.73 bits per heavy atom. The number of rotatable bonds is 6. The topological polar surface area (TPSA) is 55.8 Å². The molecule has 0 fully saturated rings. The molecule has 0 saturated carbocycles. The third-order valence-corrected chi connectivity index (χ3v) is 4.47. The lowest BCUT2D eigenvalue weighted by molar-refractivity contribution is 0.205. The molecule has 4 nitrogen and oxygen atoms in total. The zero-order valence-electron chi connectivity index (χ0n) is 6.52. The van der Waals surface area contributed by atoms with Gasteiger partial charge in [-0.15, -0.1) is 0 Å². The van der Waals surface area contributed by atoms with Gasteiger partial charge < -0.3 is 4.21 Å². The third-order valence-electron chi connectivity index (χ3n) is 0.960. The molecule has 1 N–H and O–H groups in total. The van der Waals surface area contributed by atoms with E-state index in [1.165, 1.54) is 0 Å². The van der Waals surface area contributed by atoms with Crippen LogP contribution in [-0.2, 0) is 13.3 Å². The van der Waals surface area contributed by atoms with E-state index in [1.54, 1.807) is 9.34 Å². The van der Waals surface area contributed by atoms with E-state index in [-0.39, 0.29) is 0 Å². The van der Waals surface area contributed by atoms with Crippen molar-refractivity contribution < 1.29 is 18.2 Å². The molecule has 0 aromatic heterocycles. The fourth-order valence-corrected chi connectivity index (χ4v) is 3.50. The smallest absolute Gasteiger partial charge is 0.478 e. The minimum atomic E-state index is -3.68. The summed E-state index contributed by atoms with van der Waals surface area (Å²) in [6.07, 6.45) is 1.73. The highest BCUT2D eigenvalue weighted by Crippen LogP contribution is 2.41. The fourth-order valence-electron chi connectivity index (χ4n) is 0.449. The van der Waals surface area contributed by atoms with Crippen LogP contribution in [0.1, 0.15) is 19.8 Å². The van der Waals surface area contributed by atoms with Crippen LogP contribution in [0.5, 0.6) is 0 Å². The number of unbranched alkanes of at least 4 members (excludes halogenated alkanes) is 1. The van der Waals surface area contributed by atoms with Gasteiger partial charge in [0.2, 0.25) is 0 Å². The average molecular weight is 212 g/mol. The summed E-state index contributed by atoms with van der Waals surface area (Å²) < 4.78 is 20.0. The Bertz CT molecular complexity index is 162. The molecule has 0 aromatic rings. The molecule has 0 spiro atoms. The maximum Gasteiger partial charge on any atom is 0.513 e. The quantitative estimate of drug-likeness (QED) is 0.377. The first kappa shape index (κ1) is 11.4. The Morgan fingerprint density at radius 2 is 2.36 bits per heavy atom. The van der Waals surface area contributed by atoms with Gasteiger partial charge in [0.05, 0.1) is 6.61 Å². The highest BCUT2D eigenvalue weighted by atomic mass is 31.2. The number of hydrogen-bond donors (Lipinski definition) is 1. The monoisotopic (exact) mass is 212 g/mol. The maximum atomic E-state index is 10.8. The Labute approximate surface area is 71.2 Å². The second-order valence-corrected chi connectivity index (χ2v) is 5.30. The summed E-state index contributed by atoms with van der Waals surface area (Å²) in [5.41, 5.74) is 0.